The third-order valence-electron chi connectivity index (χ3n) is 5.51. The molecule has 2 bridgehead atoms. The summed E-state index contributed by atoms with van der Waals surface area (Å²) in [5.74, 6) is 2.75. The van der Waals surface area contributed by atoms with E-state index in [4.69, 9.17) is 0 Å². The molecule has 108 valence electrons. The molecule has 0 amide bonds. The first-order valence-corrected chi connectivity index (χ1v) is 9.30. The minimum absolute atomic E-state index is 0.0914. The van der Waals surface area contributed by atoms with Gasteiger partial charge in [0, 0.05) is 28.4 Å². The number of thiazole rings is 1. The van der Waals surface area contributed by atoms with Gasteiger partial charge in [0.1, 0.15) is 0 Å². The van der Waals surface area contributed by atoms with Gasteiger partial charge < -0.3 is 4.98 Å². The van der Waals surface area contributed by atoms with Crippen LogP contribution in [0.5, 0.6) is 0 Å². The van der Waals surface area contributed by atoms with Crippen molar-refractivity contribution in [3.05, 3.63) is 44.6 Å². The first-order valence-electron chi connectivity index (χ1n) is 7.61. The van der Waals surface area contributed by atoms with Crippen LogP contribution in [0.25, 0.3) is 0 Å². The number of hydrogen-bond acceptors (Lipinski definition) is 4. The number of hydrogen-bond donors (Lipinski definition) is 1. The fourth-order valence-electron chi connectivity index (χ4n) is 4.78. The number of nitrogens with zero attached hydrogens (tertiary/aromatic N) is 1. The van der Waals surface area contributed by atoms with Gasteiger partial charge in [0.25, 0.3) is 0 Å². The highest BCUT2D eigenvalue weighted by Crippen LogP contribution is 2.63. The molecule has 2 aliphatic carbocycles. The summed E-state index contributed by atoms with van der Waals surface area (Å²) in [6.45, 7) is 0. The summed E-state index contributed by atoms with van der Waals surface area (Å²) in [4.78, 5) is 20.6. The normalized spacial score (nSPS) is 36.5. The lowest BCUT2D eigenvalue weighted by Crippen LogP contribution is -2.33. The van der Waals surface area contributed by atoms with Gasteiger partial charge in [-0.3, -0.25) is 9.78 Å². The quantitative estimate of drug-likeness (QED) is 0.876. The van der Waals surface area contributed by atoms with Crippen LogP contribution in [-0.4, -0.2) is 15.2 Å². The van der Waals surface area contributed by atoms with Crippen LogP contribution in [0.3, 0.4) is 0 Å². The van der Waals surface area contributed by atoms with Crippen LogP contribution < -0.4 is 4.87 Å². The van der Waals surface area contributed by atoms with Crippen molar-refractivity contribution in [2.24, 2.45) is 17.8 Å². The van der Waals surface area contributed by atoms with Crippen molar-refractivity contribution < 1.29 is 0 Å². The molecule has 21 heavy (non-hydrogen) atoms. The molecular weight excluding hydrogens is 300 g/mol. The van der Waals surface area contributed by atoms with E-state index in [0.717, 1.165) is 16.9 Å². The lowest BCUT2D eigenvalue weighted by molar-refractivity contribution is 0.307. The summed E-state index contributed by atoms with van der Waals surface area (Å²) in [5, 5.41) is 1.82. The van der Waals surface area contributed by atoms with Crippen molar-refractivity contribution in [1.82, 2.24) is 9.97 Å². The van der Waals surface area contributed by atoms with Crippen LogP contribution in [0, 0.1) is 17.8 Å². The second-order valence-electron chi connectivity index (χ2n) is 6.46. The molecule has 2 fully saturated rings. The molecule has 0 radical (unpaired) electrons. The smallest absolute Gasteiger partial charge is 0.305 e. The Labute approximate surface area is 131 Å². The summed E-state index contributed by atoms with van der Waals surface area (Å²) >= 11 is 3.35. The summed E-state index contributed by atoms with van der Waals surface area (Å²) in [6.07, 6.45) is 7.97. The second-order valence-corrected chi connectivity index (χ2v) is 8.67. The van der Waals surface area contributed by atoms with Crippen LogP contribution in [-0.2, 0) is 0 Å². The van der Waals surface area contributed by atoms with Gasteiger partial charge in [-0.15, -0.1) is 11.8 Å². The number of fused-ring (bicyclic) bond motifs is 6. The summed E-state index contributed by atoms with van der Waals surface area (Å²) in [7, 11) is 0. The molecule has 2 aromatic heterocycles. The molecule has 1 aliphatic heterocycles. The van der Waals surface area contributed by atoms with Crippen molar-refractivity contribution in [2.75, 3.05) is 0 Å². The van der Waals surface area contributed by atoms with Crippen LogP contribution in [0.4, 0.5) is 0 Å². The zero-order valence-electron chi connectivity index (χ0n) is 11.5. The van der Waals surface area contributed by atoms with E-state index in [1.165, 1.54) is 41.0 Å². The summed E-state index contributed by atoms with van der Waals surface area (Å²) < 4.78 is 0. The first kappa shape index (κ1) is 12.5. The zero-order valence-corrected chi connectivity index (χ0v) is 13.1. The Balaban J connectivity index is 1.70. The number of pyridine rings is 1. The largest absolute Gasteiger partial charge is 0.307 e. The second kappa shape index (κ2) is 4.46. The zero-order chi connectivity index (χ0) is 14.0. The molecule has 0 spiro atoms. The average Bonchev–Trinajstić information content (AvgIpc) is 3.18. The Bertz CT molecular complexity index is 738. The van der Waals surface area contributed by atoms with Crippen molar-refractivity contribution in [3.63, 3.8) is 0 Å². The molecule has 3 aliphatic rings. The molecule has 5 heteroatoms. The number of rotatable bonds is 1. The van der Waals surface area contributed by atoms with E-state index in [0.29, 0.717) is 17.1 Å². The number of aromatic nitrogens is 2. The summed E-state index contributed by atoms with van der Waals surface area (Å²) in [5.41, 5.74) is 1.29. The topological polar surface area (TPSA) is 45.8 Å². The molecule has 2 aromatic rings. The maximum Gasteiger partial charge on any atom is 0.305 e. The molecular formula is C16H16N2OS2. The number of nitrogens with one attached hydrogen (secondary N) is 1. The Morgan fingerprint density at radius 3 is 3.05 bits per heavy atom. The maximum atomic E-state index is 11.9. The third kappa shape index (κ3) is 1.73. The number of aromatic amines is 1. The fourth-order valence-corrected chi connectivity index (χ4v) is 7.68. The Morgan fingerprint density at radius 2 is 2.19 bits per heavy atom. The van der Waals surface area contributed by atoms with Gasteiger partial charge in [-0.2, -0.15) is 0 Å². The van der Waals surface area contributed by atoms with Gasteiger partial charge in [-0.1, -0.05) is 17.4 Å². The summed E-state index contributed by atoms with van der Waals surface area (Å²) in [6, 6.07) is 4.21. The van der Waals surface area contributed by atoms with E-state index in [9.17, 15) is 4.79 Å². The fraction of sp³-hybridized carbons (Fsp3) is 0.500. The molecule has 0 unspecified atom stereocenters. The van der Waals surface area contributed by atoms with Crippen LogP contribution >= 0.6 is 23.1 Å². The van der Waals surface area contributed by atoms with Crippen molar-refractivity contribution in [1.29, 1.82) is 0 Å². The van der Waals surface area contributed by atoms with E-state index in [1.807, 2.05) is 30.2 Å². The molecule has 2 saturated carbocycles. The number of H-pyrrole nitrogens is 1. The minimum Gasteiger partial charge on any atom is -0.307 e. The van der Waals surface area contributed by atoms with Crippen molar-refractivity contribution >= 4 is 23.1 Å². The molecule has 0 saturated heterocycles. The predicted molar refractivity (Wildman–Crippen MR) is 85.0 cm³/mol. The molecule has 3 nitrogen and oxygen atoms in total. The van der Waals surface area contributed by atoms with Gasteiger partial charge in [0.05, 0.1) is 5.03 Å². The Morgan fingerprint density at radius 1 is 1.29 bits per heavy atom. The molecule has 5 atom stereocenters. The molecule has 0 aromatic carbocycles. The highest BCUT2D eigenvalue weighted by Gasteiger charge is 2.54. The lowest BCUT2D eigenvalue weighted by atomic mass is 9.75. The van der Waals surface area contributed by atoms with Crippen LogP contribution in [0.1, 0.15) is 35.6 Å². The van der Waals surface area contributed by atoms with E-state index >= 15 is 0 Å². The number of thioether (sulfide) groups is 1. The van der Waals surface area contributed by atoms with Gasteiger partial charge in [0.2, 0.25) is 0 Å². The van der Waals surface area contributed by atoms with Crippen LogP contribution in [0.2, 0.25) is 0 Å². The SMILES string of the molecule is O=c1[nH]c2c(s1)[C@H](c1cccnc1)[C@H]1[C@@H]3CC[C@@H](C3)[C@H]1S2. The van der Waals surface area contributed by atoms with Gasteiger partial charge in [0.15, 0.2) is 0 Å². The van der Waals surface area contributed by atoms with E-state index in [-0.39, 0.29) is 4.87 Å². The van der Waals surface area contributed by atoms with Crippen molar-refractivity contribution in [2.45, 2.75) is 35.5 Å². The Hall–Kier alpha value is -1.07. The van der Waals surface area contributed by atoms with Gasteiger partial charge in [-0.05, 0) is 48.6 Å². The van der Waals surface area contributed by atoms with E-state index in [2.05, 4.69) is 16.0 Å². The van der Waals surface area contributed by atoms with E-state index < -0.39 is 0 Å². The molecule has 5 rings (SSSR count). The molecule has 1 N–H and O–H groups in total. The maximum absolute atomic E-state index is 11.9. The highest BCUT2D eigenvalue weighted by atomic mass is 32.2. The van der Waals surface area contributed by atoms with Crippen molar-refractivity contribution in [3.8, 4) is 0 Å². The first-order chi connectivity index (χ1) is 10.3. The predicted octanol–water partition coefficient (Wildman–Crippen LogP) is 3.48. The van der Waals surface area contributed by atoms with E-state index in [1.54, 1.807) is 0 Å². The average molecular weight is 316 g/mol. The molecule has 3 heterocycles. The third-order valence-corrected chi connectivity index (χ3v) is 8.13. The minimum atomic E-state index is 0.0914. The Kier molecular flexibility index (Phi) is 2.65. The highest BCUT2D eigenvalue weighted by molar-refractivity contribution is 8.00. The lowest BCUT2D eigenvalue weighted by Gasteiger charge is -2.40. The van der Waals surface area contributed by atoms with Crippen LogP contribution in [0.15, 0.2) is 34.3 Å². The van der Waals surface area contributed by atoms with Gasteiger partial charge >= 0.3 is 4.87 Å². The van der Waals surface area contributed by atoms with Gasteiger partial charge in [-0.25, -0.2) is 0 Å². The standard InChI is InChI=1S/C16H16N2OS2/c19-16-18-15-14(21-16)12(10-2-1-5-17-7-10)11-8-3-4-9(6-8)13(11)20-15/h1-2,5,7-9,11-13H,3-4,6H2,(H,18,19)/t8-,9+,11-,12-,13-/m1/s1. The monoisotopic (exact) mass is 316 g/mol.